The first-order valence-corrected chi connectivity index (χ1v) is 9.22. The van der Waals surface area contributed by atoms with Crippen molar-refractivity contribution in [1.29, 1.82) is 0 Å². The molecule has 134 valence electrons. The van der Waals surface area contributed by atoms with Crippen molar-refractivity contribution in [2.75, 3.05) is 0 Å². The van der Waals surface area contributed by atoms with E-state index in [0.29, 0.717) is 17.1 Å². The highest BCUT2D eigenvalue weighted by Gasteiger charge is 2.20. The lowest BCUT2D eigenvalue weighted by Crippen LogP contribution is -2.27. The summed E-state index contributed by atoms with van der Waals surface area (Å²) in [6, 6.07) is 8.03. The zero-order valence-corrected chi connectivity index (χ0v) is 15.8. The summed E-state index contributed by atoms with van der Waals surface area (Å²) < 4.78 is 0. The SMILES string of the molecule is CCc1ccc(C(C)CC(=O)NC(C)c2nc(C)c(C(=O)O)s2)cc1. The van der Waals surface area contributed by atoms with Crippen LogP contribution in [-0.4, -0.2) is 22.0 Å². The van der Waals surface area contributed by atoms with Gasteiger partial charge in [-0.15, -0.1) is 11.3 Å². The highest BCUT2D eigenvalue weighted by molar-refractivity contribution is 7.13. The molecule has 0 aliphatic heterocycles. The zero-order valence-electron chi connectivity index (χ0n) is 15.0. The molecular weight excluding hydrogens is 336 g/mol. The predicted octanol–water partition coefficient (Wildman–Crippen LogP) is 4.08. The number of amides is 1. The molecule has 0 fully saturated rings. The first kappa shape index (κ1) is 19.1. The number of hydrogen-bond donors (Lipinski definition) is 2. The normalized spacial score (nSPS) is 13.3. The third-order valence-corrected chi connectivity index (χ3v) is 5.53. The second-order valence-electron chi connectivity index (χ2n) is 6.26. The Kier molecular flexibility index (Phi) is 6.31. The molecule has 2 N–H and O–H groups in total. The number of nitrogens with zero attached hydrogens (tertiary/aromatic N) is 1. The lowest BCUT2D eigenvalue weighted by Gasteiger charge is -2.15. The number of carboxylic acids is 1. The summed E-state index contributed by atoms with van der Waals surface area (Å²) in [5.74, 6) is -0.932. The quantitative estimate of drug-likeness (QED) is 0.780. The number of hydrogen-bond acceptors (Lipinski definition) is 4. The third kappa shape index (κ3) is 4.89. The largest absolute Gasteiger partial charge is 0.477 e. The Balaban J connectivity index is 1.96. The third-order valence-electron chi connectivity index (χ3n) is 4.20. The van der Waals surface area contributed by atoms with Crippen molar-refractivity contribution < 1.29 is 14.7 Å². The maximum Gasteiger partial charge on any atom is 0.347 e. The van der Waals surface area contributed by atoms with Crippen LogP contribution in [0.4, 0.5) is 0 Å². The topological polar surface area (TPSA) is 79.3 Å². The summed E-state index contributed by atoms with van der Waals surface area (Å²) >= 11 is 1.11. The van der Waals surface area contributed by atoms with Crippen molar-refractivity contribution >= 4 is 23.2 Å². The molecule has 1 aromatic heterocycles. The van der Waals surface area contributed by atoms with E-state index in [9.17, 15) is 9.59 Å². The molecule has 0 saturated carbocycles. The van der Waals surface area contributed by atoms with Gasteiger partial charge in [0, 0.05) is 6.42 Å². The number of benzene rings is 1. The van der Waals surface area contributed by atoms with Crippen LogP contribution in [0, 0.1) is 6.92 Å². The number of carbonyl (C=O) groups is 2. The number of thiazole rings is 1. The van der Waals surface area contributed by atoms with E-state index in [1.54, 1.807) is 6.92 Å². The number of carbonyl (C=O) groups excluding carboxylic acids is 1. The van der Waals surface area contributed by atoms with Crippen LogP contribution in [0.5, 0.6) is 0 Å². The lowest BCUT2D eigenvalue weighted by molar-refractivity contribution is -0.122. The first-order valence-electron chi connectivity index (χ1n) is 8.40. The number of aromatic carboxylic acids is 1. The van der Waals surface area contributed by atoms with Gasteiger partial charge in [0.25, 0.3) is 0 Å². The minimum atomic E-state index is -0.982. The number of aryl methyl sites for hydroxylation is 2. The van der Waals surface area contributed by atoms with E-state index in [-0.39, 0.29) is 22.7 Å². The van der Waals surface area contributed by atoms with Gasteiger partial charge in [-0.25, -0.2) is 9.78 Å². The summed E-state index contributed by atoms with van der Waals surface area (Å²) in [4.78, 5) is 27.9. The van der Waals surface area contributed by atoms with Crippen molar-refractivity contribution in [2.45, 2.75) is 52.5 Å². The molecule has 2 aromatic rings. The summed E-state index contributed by atoms with van der Waals surface area (Å²) in [6.45, 7) is 7.63. The van der Waals surface area contributed by atoms with E-state index in [0.717, 1.165) is 23.3 Å². The van der Waals surface area contributed by atoms with Gasteiger partial charge in [-0.1, -0.05) is 38.1 Å². The molecule has 2 atom stereocenters. The molecule has 6 heteroatoms. The molecule has 2 unspecified atom stereocenters. The van der Waals surface area contributed by atoms with Crippen LogP contribution in [0.3, 0.4) is 0 Å². The predicted molar refractivity (Wildman–Crippen MR) is 99.2 cm³/mol. The fourth-order valence-corrected chi connectivity index (χ4v) is 3.55. The van der Waals surface area contributed by atoms with Gasteiger partial charge in [0.2, 0.25) is 5.91 Å². The van der Waals surface area contributed by atoms with Crippen LogP contribution in [0.15, 0.2) is 24.3 Å². The highest BCUT2D eigenvalue weighted by Crippen LogP contribution is 2.24. The first-order chi connectivity index (χ1) is 11.8. The Labute approximate surface area is 152 Å². The van der Waals surface area contributed by atoms with Gasteiger partial charge >= 0.3 is 5.97 Å². The van der Waals surface area contributed by atoms with Crippen LogP contribution < -0.4 is 5.32 Å². The molecule has 0 aliphatic rings. The van der Waals surface area contributed by atoms with Gasteiger partial charge in [-0.05, 0) is 37.3 Å². The van der Waals surface area contributed by atoms with Crippen LogP contribution in [0.25, 0.3) is 0 Å². The van der Waals surface area contributed by atoms with E-state index in [4.69, 9.17) is 5.11 Å². The van der Waals surface area contributed by atoms with E-state index in [1.807, 2.05) is 13.8 Å². The van der Waals surface area contributed by atoms with Gasteiger partial charge in [0.1, 0.15) is 9.88 Å². The van der Waals surface area contributed by atoms with Crippen molar-refractivity contribution in [3.8, 4) is 0 Å². The monoisotopic (exact) mass is 360 g/mol. The second-order valence-corrected chi connectivity index (χ2v) is 7.29. The average molecular weight is 360 g/mol. The van der Waals surface area contributed by atoms with Crippen molar-refractivity contribution in [2.24, 2.45) is 0 Å². The molecule has 1 aromatic carbocycles. The van der Waals surface area contributed by atoms with Crippen LogP contribution in [0.2, 0.25) is 0 Å². The molecule has 0 saturated heterocycles. The minimum Gasteiger partial charge on any atom is -0.477 e. The molecule has 5 nitrogen and oxygen atoms in total. The van der Waals surface area contributed by atoms with E-state index in [2.05, 4.69) is 41.5 Å². The van der Waals surface area contributed by atoms with Crippen LogP contribution >= 0.6 is 11.3 Å². The molecule has 2 rings (SSSR count). The van der Waals surface area contributed by atoms with Crippen LogP contribution in [-0.2, 0) is 11.2 Å². The van der Waals surface area contributed by atoms with Gasteiger partial charge in [-0.2, -0.15) is 0 Å². The number of nitrogens with one attached hydrogen (secondary N) is 1. The number of carboxylic acid groups (broad SMARTS) is 1. The van der Waals surface area contributed by atoms with Crippen molar-refractivity contribution in [3.63, 3.8) is 0 Å². The Morgan fingerprint density at radius 1 is 1.24 bits per heavy atom. The maximum atomic E-state index is 12.3. The highest BCUT2D eigenvalue weighted by atomic mass is 32.1. The summed E-state index contributed by atoms with van der Waals surface area (Å²) in [6.07, 6.45) is 1.38. The Bertz CT molecular complexity index is 753. The van der Waals surface area contributed by atoms with Crippen molar-refractivity contribution in [3.05, 3.63) is 51.0 Å². The van der Waals surface area contributed by atoms with Crippen LogP contribution in [0.1, 0.15) is 70.7 Å². The zero-order chi connectivity index (χ0) is 18.6. The second kappa shape index (κ2) is 8.25. The van der Waals surface area contributed by atoms with Gasteiger partial charge in [-0.3, -0.25) is 4.79 Å². The number of aromatic nitrogens is 1. The molecule has 1 amide bonds. The fraction of sp³-hybridized carbons (Fsp3) is 0.421. The summed E-state index contributed by atoms with van der Waals surface area (Å²) in [5, 5.41) is 12.6. The smallest absolute Gasteiger partial charge is 0.347 e. The lowest BCUT2D eigenvalue weighted by atomic mass is 9.96. The Morgan fingerprint density at radius 3 is 2.40 bits per heavy atom. The molecule has 1 heterocycles. The van der Waals surface area contributed by atoms with E-state index in [1.165, 1.54) is 5.56 Å². The fourth-order valence-electron chi connectivity index (χ4n) is 2.64. The molecule has 0 bridgehead atoms. The van der Waals surface area contributed by atoms with E-state index >= 15 is 0 Å². The van der Waals surface area contributed by atoms with E-state index < -0.39 is 5.97 Å². The molecule has 0 radical (unpaired) electrons. The van der Waals surface area contributed by atoms with Gasteiger partial charge in [0.05, 0.1) is 11.7 Å². The molecule has 0 aliphatic carbocycles. The Hall–Kier alpha value is -2.21. The molecule has 0 spiro atoms. The molecular formula is C19H24N2O3S. The van der Waals surface area contributed by atoms with Crippen molar-refractivity contribution in [1.82, 2.24) is 10.3 Å². The molecule has 25 heavy (non-hydrogen) atoms. The standard InChI is InChI=1S/C19H24N2O3S/c1-5-14-6-8-15(9-7-14)11(2)10-16(22)20-13(4)18-21-12(3)17(25-18)19(23)24/h6-9,11,13H,5,10H2,1-4H3,(H,20,22)(H,23,24). The van der Waals surface area contributed by atoms with Gasteiger partial charge < -0.3 is 10.4 Å². The van der Waals surface area contributed by atoms with Gasteiger partial charge in [0.15, 0.2) is 0 Å². The maximum absolute atomic E-state index is 12.3. The average Bonchev–Trinajstić information content (AvgIpc) is 2.97. The Morgan fingerprint density at radius 2 is 1.88 bits per heavy atom. The minimum absolute atomic E-state index is 0.0655. The number of rotatable bonds is 7. The summed E-state index contributed by atoms with van der Waals surface area (Å²) in [7, 11) is 0. The summed E-state index contributed by atoms with van der Waals surface area (Å²) in [5.41, 5.74) is 2.90.